The van der Waals surface area contributed by atoms with E-state index in [1.807, 2.05) is 37.4 Å². The quantitative estimate of drug-likeness (QED) is 0.806. The monoisotopic (exact) mass is 318 g/mol. The van der Waals surface area contributed by atoms with Crippen LogP contribution >= 0.6 is 15.9 Å². The van der Waals surface area contributed by atoms with Gasteiger partial charge in [0.15, 0.2) is 5.78 Å². The molecule has 4 heteroatoms. The molecule has 2 aromatic rings. The maximum absolute atomic E-state index is 11.7. The first kappa shape index (κ1) is 13.7. The molecule has 1 aromatic heterocycles. The third-order valence-corrected chi connectivity index (χ3v) is 3.41. The molecule has 0 aliphatic rings. The molecule has 0 spiro atoms. The first-order chi connectivity index (χ1) is 9.08. The van der Waals surface area contributed by atoms with Gasteiger partial charge in [-0.15, -0.1) is 0 Å². The molecule has 0 radical (unpaired) electrons. The number of nitrogens with zero attached hydrogens (tertiary/aromatic N) is 2. The number of carbonyl (C=O) groups is 1. The van der Waals surface area contributed by atoms with Gasteiger partial charge in [0.1, 0.15) is 0 Å². The number of carbonyl (C=O) groups excluding carboxylic acids is 1. The third-order valence-electron chi connectivity index (χ3n) is 2.92. The summed E-state index contributed by atoms with van der Waals surface area (Å²) >= 11 is 3.45. The number of pyridine rings is 1. The van der Waals surface area contributed by atoms with E-state index in [2.05, 4.69) is 25.8 Å². The first-order valence-electron chi connectivity index (χ1n) is 5.98. The second-order valence-electron chi connectivity index (χ2n) is 4.43. The van der Waals surface area contributed by atoms with E-state index in [1.165, 1.54) is 0 Å². The lowest BCUT2D eigenvalue weighted by Crippen LogP contribution is -2.19. The van der Waals surface area contributed by atoms with E-state index in [9.17, 15) is 4.79 Å². The van der Waals surface area contributed by atoms with E-state index in [-0.39, 0.29) is 5.78 Å². The molecule has 19 heavy (non-hydrogen) atoms. The lowest BCUT2D eigenvalue weighted by molar-refractivity contribution is 0.101. The van der Waals surface area contributed by atoms with Crippen molar-refractivity contribution >= 4 is 27.4 Å². The smallest absolute Gasteiger partial charge is 0.161 e. The summed E-state index contributed by atoms with van der Waals surface area (Å²) in [5.74, 6) is 0.0732. The van der Waals surface area contributed by atoms with Gasteiger partial charge >= 0.3 is 0 Å². The average molecular weight is 319 g/mol. The van der Waals surface area contributed by atoms with Gasteiger partial charge in [-0.3, -0.25) is 9.78 Å². The predicted octanol–water partition coefficient (Wildman–Crippen LogP) is 3.68. The van der Waals surface area contributed by atoms with Crippen molar-refractivity contribution in [2.75, 3.05) is 11.9 Å². The van der Waals surface area contributed by atoms with Gasteiger partial charge in [-0.25, -0.2) is 0 Å². The molecule has 0 unspecified atom stereocenters. The van der Waals surface area contributed by atoms with Crippen LogP contribution in [0.5, 0.6) is 0 Å². The molecular formula is C15H15BrN2O. The van der Waals surface area contributed by atoms with Gasteiger partial charge in [-0.2, -0.15) is 0 Å². The number of ketones is 1. The molecule has 0 aliphatic heterocycles. The van der Waals surface area contributed by atoms with Crippen molar-refractivity contribution in [2.45, 2.75) is 13.5 Å². The largest absolute Gasteiger partial charge is 0.370 e. The van der Waals surface area contributed by atoms with E-state index >= 15 is 0 Å². The number of rotatable bonds is 4. The van der Waals surface area contributed by atoms with Crippen molar-refractivity contribution in [2.24, 2.45) is 0 Å². The lowest BCUT2D eigenvalue weighted by atomic mass is 10.1. The Bertz CT molecular complexity index is 584. The Morgan fingerprint density at radius 3 is 2.58 bits per heavy atom. The van der Waals surface area contributed by atoms with Gasteiger partial charge in [0.05, 0.1) is 0 Å². The van der Waals surface area contributed by atoms with Crippen LogP contribution < -0.4 is 4.90 Å². The number of Topliss-reactive ketones (excluding diaryl/α,β-unsaturated/α-hetero) is 1. The highest BCUT2D eigenvalue weighted by Crippen LogP contribution is 2.26. The van der Waals surface area contributed by atoms with Crippen LogP contribution in [0, 0.1) is 0 Å². The van der Waals surface area contributed by atoms with Crippen molar-refractivity contribution in [3.63, 3.8) is 0 Å². The molecule has 0 saturated heterocycles. The van der Waals surface area contributed by atoms with E-state index in [4.69, 9.17) is 0 Å². The fourth-order valence-electron chi connectivity index (χ4n) is 1.97. The number of anilines is 1. The minimum Gasteiger partial charge on any atom is -0.370 e. The second kappa shape index (κ2) is 5.97. The zero-order chi connectivity index (χ0) is 13.8. The van der Waals surface area contributed by atoms with E-state index in [0.29, 0.717) is 0 Å². The second-order valence-corrected chi connectivity index (χ2v) is 5.34. The van der Waals surface area contributed by atoms with Crippen LogP contribution in [0.2, 0.25) is 0 Å². The Labute approximate surface area is 121 Å². The van der Waals surface area contributed by atoms with Crippen LogP contribution in [-0.4, -0.2) is 17.8 Å². The molecule has 0 N–H and O–H groups in total. The van der Waals surface area contributed by atoms with E-state index < -0.39 is 0 Å². The minimum atomic E-state index is 0.0732. The standard InChI is InChI=1S/C15H15BrN2O/c1-11(19)14-4-3-13(16)9-15(14)18(2)10-12-5-7-17-8-6-12/h3-9H,10H2,1-2H3. The molecule has 1 heterocycles. The maximum Gasteiger partial charge on any atom is 0.161 e. The summed E-state index contributed by atoms with van der Waals surface area (Å²) in [6.45, 7) is 2.33. The number of hydrogen-bond donors (Lipinski definition) is 0. The Kier molecular flexibility index (Phi) is 4.32. The molecule has 0 amide bonds. The Balaban J connectivity index is 2.30. The molecule has 2 rings (SSSR count). The van der Waals surface area contributed by atoms with Gasteiger partial charge in [-0.1, -0.05) is 15.9 Å². The summed E-state index contributed by atoms with van der Waals surface area (Å²) in [6, 6.07) is 9.66. The van der Waals surface area contributed by atoms with Crippen molar-refractivity contribution in [3.05, 3.63) is 58.3 Å². The lowest BCUT2D eigenvalue weighted by Gasteiger charge is -2.22. The molecule has 0 saturated carbocycles. The minimum absolute atomic E-state index is 0.0732. The molecule has 0 atom stereocenters. The van der Waals surface area contributed by atoms with Crippen molar-refractivity contribution in [3.8, 4) is 0 Å². The summed E-state index contributed by atoms with van der Waals surface area (Å²) in [5, 5.41) is 0. The zero-order valence-corrected chi connectivity index (χ0v) is 12.5. The fraction of sp³-hybridized carbons (Fsp3) is 0.200. The fourth-order valence-corrected chi connectivity index (χ4v) is 2.31. The van der Waals surface area contributed by atoms with Gasteiger partial charge < -0.3 is 4.90 Å². The van der Waals surface area contributed by atoms with Crippen LogP contribution in [0.25, 0.3) is 0 Å². The zero-order valence-electron chi connectivity index (χ0n) is 10.9. The molecule has 98 valence electrons. The van der Waals surface area contributed by atoms with Gasteiger partial charge in [0.2, 0.25) is 0 Å². The van der Waals surface area contributed by atoms with Crippen LogP contribution in [0.4, 0.5) is 5.69 Å². The first-order valence-corrected chi connectivity index (χ1v) is 6.78. The topological polar surface area (TPSA) is 33.2 Å². The third kappa shape index (κ3) is 3.41. The van der Waals surface area contributed by atoms with Crippen LogP contribution in [0.1, 0.15) is 22.8 Å². The van der Waals surface area contributed by atoms with E-state index in [0.717, 1.165) is 27.8 Å². The highest BCUT2D eigenvalue weighted by atomic mass is 79.9. The van der Waals surface area contributed by atoms with Gasteiger partial charge in [0, 0.05) is 41.7 Å². The molecule has 0 bridgehead atoms. The molecule has 3 nitrogen and oxygen atoms in total. The summed E-state index contributed by atoms with van der Waals surface area (Å²) in [5.41, 5.74) is 2.82. The van der Waals surface area contributed by atoms with Gasteiger partial charge in [0.25, 0.3) is 0 Å². The number of hydrogen-bond acceptors (Lipinski definition) is 3. The molecule has 0 fully saturated rings. The maximum atomic E-state index is 11.7. The van der Waals surface area contributed by atoms with E-state index in [1.54, 1.807) is 19.3 Å². The SMILES string of the molecule is CC(=O)c1ccc(Br)cc1N(C)Cc1ccncc1. The highest BCUT2D eigenvalue weighted by Gasteiger charge is 2.12. The van der Waals surface area contributed by atoms with Crippen LogP contribution in [0.15, 0.2) is 47.2 Å². The predicted molar refractivity (Wildman–Crippen MR) is 80.5 cm³/mol. The molecule has 0 aliphatic carbocycles. The van der Waals surface area contributed by atoms with Crippen molar-refractivity contribution in [1.29, 1.82) is 0 Å². The molecule has 1 aromatic carbocycles. The van der Waals surface area contributed by atoms with Crippen LogP contribution in [-0.2, 0) is 6.54 Å². The summed E-state index contributed by atoms with van der Waals surface area (Å²) in [6.07, 6.45) is 3.55. The molecular weight excluding hydrogens is 304 g/mol. The summed E-state index contributed by atoms with van der Waals surface area (Å²) < 4.78 is 0.967. The highest BCUT2D eigenvalue weighted by molar-refractivity contribution is 9.10. The number of benzene rings is 1. The summed E-state index contributed by atoms with van der Waals surface area (Å²) in [4.78, 5) is 17.8. The summed E-state index contributed by atoms with van der Waals surface area (Å²) in [7, 11) is 1.98. The van der Waals surface area contributed by atoms with Crippen molar-refractivity contribution in [1.82, 2.24) is 4.98 Å². The number of aromatic nitrogens is 1. The van der Waals surface area contributed by atoms with Crippen molar-refractivity contribution < 1.29 is 4.79 Å². The van der Waals surface area contributed by atoms with Gasteiger partial charge in [-0.05, 0) is 42.8 Å². The Morgan fingerprint density at radius 1 is 1.26 bits per heavy atom. The Morgan fingerprint density at radius 2 is 1.95 bits per heavy atom. The normalized spacial score (nSPS) is 10.3. The number of halogens is 1. The van der Waals surface area contributed by atoms with Crippen LogP contribution in [0.3, 0.4) is 0 Å². The Hall–Kier alpha value is -1.68. The average Bonchev–Trinajstić information content (AvgIpc) is 2.39.